The number of nitrogens with zero attached hydrogens (tertiary/aromatic N) is 1. The number of methoxy groups -OCH3 is 2. The standard InChI is InChI=1S/C21H25NO4S/c1-4-26-17-8-6-5-7-16(17)21-22(20(23)14-27-21)12-11-15-9-10-18(24-2)19(13-15)25-3/h5-10,13,21H,4,11-12,14H2,1-3H3. The smallest absolute Gasteiger partial charge is 0.233 e. The third-order valence-electron chi connectivity index (χ3n) is 4.54. The Morgan fingerprint density at radius 1 is 1.07 bits per heavy atom. The van der Waals surface area contributed by atoms with Crippen LogP contribution in [-0.4, -0.2) is 43.9 Å². The molecule has 1 heterocycles. The second-order valence-electron chi connectivity index (χ2n) is 6.16. The third-order valence-corrected chi connectivity index (χ3v) is 5.78. The van der Waals surface area contributed by atoms with Crippen molar-refractivity contribution < 1.29 is 19.0 Å². The highest BCUT2D eigenvalue weighted by atomic mass is 32.2. The van der Waals surface area contributed by atoms with Crippen molar-refractivity contribution in [1.29, 1.82) is 0 Å². The van der Waals surface area contributed by atoms with Crippen LogP contribution in [0.5, 0.6) is 17.2 Å². The number of ether oxygens (including phenoxy) is 3. The van der Waals surface area contributed by atoms with Gasteiger partial charge < -0.3 is 19.1 Å². The predicted octanol–water partition coefficient (Wildman–Crippen LogP) is 3.92. The Bertz CT molecular complexity index is 796. The summed E-state index contributed by atoms with van der Waals surface area (Å²) in [5.74, 6) is 2.92. The summed E-state index contributed by atoms with van der Waals surface area (Å²) in [6.07, 6.45) is 0.750. The molecule has 0 spiro atoms. The van der Waals surface area contributed by atoms with Crippen LogP contribution in [0.15, 0.2) is 42.5 Å². The van der Waals surface area contributed by atoms with E-state index in [0.717, 1.165) is 23.3 Å². The summed E-state index contributed by atoms with van der Waals surface area (Å²) in [4.78, 5) is 14.4. The van der Waals surface area contributed by atoms with Crippen molar-refractivity contribution in [2.75, 3.05) is 33.1 Å². The van der Waals surface area contributed by atoms with Gasteiger partial charge in [-0.3, -0.25) is 4.79 Å². The second kappa shape index (κ2) is 9.04. The van der Waals surface area contributed by atoms with Crippen molar-refractivity contribution >= 4 is 17.7 Å². The number of hydrogen-bond donors (Lipinski definition) is 0. The van der Waals surface area contributed by atoms with Gasteiger partial charge in [-0.2, -0.15) is 0 Å². The molecular formula is C21H25NO4S. The molecule has 1 aliphatic heterocycles. The van der Waals surface area contributed by atoms with Gasteiger partial charge in [-0.25, -0.2) is 0 Å². The molecule has 5 nitrogen and oxygen atoms in total. The zero-order chi connectivity index (χ0) is 19.2. The molecule has 3 rings (SSSR count). The first-order chi connectivity index (χ1) is 13.2. The van der Waals surface area contributed by atoms with E-state index in [1.165, 1.54) is 0 Å². The number of rotatable bonds is 8. The number of hydrogen-bond acceptors (Lipinski definition) is 5. The summed E-state index contributed by atoms with van der Waals surface area (Å²) < 4.78 is 16.4. The number of benzene rings is 2. The summed E-state index contributed by atoms with van der Waals surface area (Å²) >= 11 is 1.65. The minimum atomic E-state index is -0.0135. The molecule has 144 valence electrons. The molecule has 2 aromatic rings. The first-order valence-electron chi connectivity index (χ1n) is 9.01. The molecule has 1 aliphatic rings. The number of thioether (sulfide) groups is 1. The Hall–Kier alpha value is -2.34. The number of carbonyl (C=O) groups is 1. The van der Waals surface area contributed by atoms with E-state index in [2.05, 4.69) is 0 Å². The molecule has 0 aromatic heterocycles. The number of carbonyl (C=O) groups excluding carboxylic acids is 1. The van der Waals surface area contributed by atoms with E-state index in [4.69, 9.17) is 14.2 Å². The maximum absolute atomic E-state index is 12.5. The molecule has 0 N–H and O–H groups in total. The molecule has 0 aliphatic carbocycles. The monoisotopic (exact) mass is 387 g/mol. The van der Waals surface area contributed by atoms with Gasteiger partial charge in [0, 0.05) is 12.1 Å². The second-order valence-corrected chi connectivity index (χ2v) is 7.23. The zero-order valence-electron chi connectivity index (χ0n) is 15.9. The first kappa shape index (κ1) is 19.4. The van der Waals surface area contributed by atoms with Crippen molar-refractivity contribution in [2.45, 2.75) is 18.7 Å². The summed E-state index contributed by atoms with van der Waals surface area (Å²) in [6.45, 7) is 3.22. The largest absolute Gasteiger partial charge is 0.493 e. The van der Waals surface area contributed by atoms with Gasteiger partial charge >= 0.3 is 0 Å². The number of para-hydroxylation sites is 1. The van der Waals surface area contributed by atoms with E-state index in [0.29, 0.717) is 30.4 Å². The lowest BCUT2D eigenvalue weighted by molar-refractivity contribution is -0.128. The van der Waals surface area contributed by atoms with Crippen molar-refractivity contribution in [3.05, 3.63) is 53.6 Å². The summed E-state index contributed by atoms with van der Waals surface area (Å²) in [5, 5.41) is -0.0135. The summed E-state index contributed by atoms with van der Waals surface area (Å²) in [7, 11) is 3.25. The van der Waals surface area contributed by atoms with Crippen LogP contribution in [0.3, 0.4) is 0 Å². The van der Waals surface area contributed by atoms with E-state index in [1.54, 1.807) is 26.0 Å². The zero-order valence-corrected chi connectivity index (χ0v) is 16.8. The van der Waals surface area contributed by atoms with Gasteiger partial charge in [0.15, 0.2) is 11.5 Å². The lowest BCUT2D eigenvalue weighted by Gasteiger charge is -2.26. The fraction of sp³-hybridized carbons (Fsp3) is 0.381. The maximum Gasteiger partial charge on any atom is 0.233 e. The van der Waals surface area contributed by atoms with Crippen molar-refractivity contribution in [1.82, 2.24) is 4.90 Å². The molecule has 1 fully saturated rings. The Morgan fingerprint density at radius 2 is 1.85 bits per heavy atom. The van der Waals surface area contributed by atoms with Gasteiger partial charge in [0.05, 0.1) is 26.6 Å². The normalized spacial score (nSPS) is 16.5. The molecule has 0 radical (unpaired) electrons. The lowest BCUT2D eigenvalue weighted by Crippen LogP contribution is -2.30. The van der Waals surface area contributed by atoms with Crippen LogP contribution in [-0.2, 0) is 11.2 Å². The minimum Gasteiger partial charge on any atom is -0.493 e. The highest BCUT2D eigenvalue weighted by Crippen LogP contribution is 2.42. The molecule has 1 unspecified atom stereocenters. The molecule has 2 aromatic carbocycles. The topological polar surface area (TPSA) is 48.0 Å². The van der Waals surface area contributed by atoms with E-state index >= 15 is 0 Å². The molecular weight excluding hydrogens is 362 g/mol. The van der Waals surface area contributed by atoms with Crippen molar-refractivity contribution in [2.24, 2.45) is 0 Å². The van der Waals surface area contributed by atoms with Gasteiger partial charge in [0.25, 0.3) is 0 Å². The van der Waals surface area contributed by atoms with Crippen LogP contribution in [0, 0.1) is 0 Å². The molecule has 0 bridgehead atoms. The Morgan fingerprint density at radius 3 is 2.59 bits per heavy atom. The van der Waals surface area contributed by atoms with Gasteiger partial charge in [-0.15, -0.1) is 11.8 Å². The molecule has 1 atom stereocenters. The fourth-order valence-electron chi connectivity index (χ4n) is 3.21. The Kier molecular flexibility index (Phi) is 6.50. The van der Waals surface area contributed by atoms with Crippen LogP contribution < -0.4 is 14.2 Å². The SMILES string of the molecule is CCOc1ccccc1C1SCC(=O)N1CCc1ccc(OC)c(OC)c1. The van der Waals surface area contributed by atoms with Crippen molar-refractivity contribution in [3.63, 3.8) is 0 Å². The third kappa shape index (κ3) is 4.33. The average molecular weight is 388 g/mol. The molecule has 0 saturated carbocycles. The van der Waals surface area contributed by atoms with Crippen LogP contribution in [0.1, 0.15) is 23.4 Å². The van der Waals surface area contributed by atoms with Gasteiger partial charge in [-0.1, -0.05) is 24.3 Å². The maximum atomic E-state index is 12.5. The average Bonchev–Trinajstić information content (AvgIpc) is 3.07. The van der Waals surface area contributed by atoms with Gasteiger partial charge in [0.1, 0.15) is 11.1 Å². The Balaban J connectivity index is 1.76. The lowest BCUT2D eigenvalue weighted by atomic mass is 10.1. The van der Waals surface area contributed by atoms with Crippen LogP contribution in [0.2, 0.25) is 0 Å². The Labute approximate surface area is 164 Å². The van der Waals surface area contributed by atoms with Gasteiger partial charge in [0.2, 0.25) is 5.91 Å². The van der Waals surface area contributed by atoms with Crippen LogP contribution in [0.25, 0.3) is 0 Å². The molecule has 6 heteroatoms. The quantitative estimate of drug-likeness (QED) is 0.687. The molecule has 1 amide bonds. The molecule has 1 saturated heterocycles. The highest BCUT2D eigenvalue weighted by molar-refractivity contribution is 8.00. The predicted molar refractivity (Wildman–Crippen MR) is 108 cm³/mol. The van der Waals surface area contributed by atoms with E-state index in [-0.39, 0.29) is 11.3 Å². The molecule has 27 heavy (non-hydrogen) atoms. The van der Waals surface area contributed by atoms with E-state index < -0.39 is 0 Å². The van der Waals surface area contributed by atoms with Gasteiger partial charge in [-0.05, 0) is 37.1 Å². The van der Waals surface area contributed by atoms with Crippen LogP contribution in [0.4, 0.5) is 0 Å². The van der Waals surface area contributed by atoms with E-state index in [1.807, 2.05) is 54.3 Å². The summed E-state index contributed by atoms with van der Waals surface area (Å²) in [6, 6.07) is 13.8. The van der Waals surface area contributed by atoms with Crippen molar-refractivity contribution in [3.8, 4) is 17.2 Å². The fourth-order valence-corrected chi connectivity index (χ4v) is 4.45. The number of amides is 1. The van der Waals surface area contributed by atoms with Crippen LogP contribution >= 0.6 is 11.8 Å². The summed E-state index contributed by atoms with van der Waals surface area (Å²) in [5.41, 5.74) is 2.16. The first-order valence-corrected chi connectivity index (χ1v) is 10.1. The van der Waals surface area contributed by atoms with E-state index in [9.17, 15) is 4.79 Å². The minimum absolute atomic E-state index is 0.0135. The highest BCUT2D eigenvalue weighted by Gasteiger charge is 2.34.